The van der Waals surface area contributed by atoms with E-state index in [4.69, 9.17) is 9.52 Å². The van der Waals surface area contributed by atoms with Crippen LogP contribution in [0.4, 0.5) is 0 Å². The average molecular weight is 266 g/mol. The van der Waals surface area contributed by atoms with Gasteiger partial charge in [0.1, 0.15) is 5.76 Å². The molecule has 5 heteroatoms. The van der Waals surface area contributed by atoms with Crippen LogP contribution in [0.2, 0.25) is 0 Å². The summed E-state index contributed by atoms with van der Waals surface area (Å²) in [5.41, 5.74) is 0. The number of carbonyl (C=O) groups is 1. The first-order chi connectivity index (χ1) is 8.99. The van der Waals surface area contributed by atoms with E-state index in [0.717, 1.165) is 31.7 Å². The number of aromatic carboxylic acids is 1. The second kappa shape index (κ2) is 5.75. The van der Waals surface area contributed by atoms with Crippen molar-refractivity contribution >= 4 is 5.97 Å². The zero-order chi connectivity index (χ0) is 14.0. The highest BCUT2D eigenvalue weighted by molar-refractivity contribution is 5.84. The molecule has 1 aliphatic rings. The standard InChI is InChI=1S/C14H22N2O3/c1-10(12-4-5-13(19-12)14(17)18)16-8-6-11(7-9-16)15(2)3/h4-5,10-11H,6-9H2,1-3H3,(H,17,18). The Balaban J connectivity index is 1.96. The highest BCUT2D eigenvalue weighted by Gasteiger charge is 2.26. The third-order valence-electron chi connectivity index (χ3n) is 4.03. The zero-order valence-corrected chi connectivity index (χ0v) is 11.8. The summed E-state index contributed by atoms with van der Waals surface area (Å²) >= 11 is 0. The van der Waals surface area contributed by atoms with Crippen LogP contribution >= 0.6 is 0 Å². The van der Waals surface area contributed by atoms with E-state index in [2.05, 4.69) is 30.8 Å². The predicted molar refractivity (Wildman–Crippen MR) is 72.4 cm³/mol. The minimum absolute atomic E-state index is 0.0185. The van der Waals surface area contributed by atoms with Crippen molar-refractivity contribution in [3.05, 3.63) is 23.7 Å². The Kier molecular flexibility index (Phi) is 4.27. The lowest BCUT2D eigenvalue weighted by atomic mass is 10.0. The van der Waals surface area contributed by atoms with Crippen LogP contribution in [0.5, 0.6) is 0 Å². The number of hydrogen-bond acceptors (Lipinski definition) is 4. The molecule has 2 rings (SSSR count). The van der Waals surface area contributed by atoms with Gasteiger partial charge in [0.25, 0.3) is 0 Å². The molecule has 2 heterocycles. The quantitative estimate of drug-likeness (QED) is 0.904. The summed E-state index contributed by atoms with van der Waals surface area (Å²) in [5.74, 6) is -0.254. The summed E-state index contributed by atoms with van der Waals surface area (Å²) in [4.78, 5) is 15.4. The first-order valence-corrected chi connectivity index (χ1v) is 6.72. The van der Waals surface area contributed by atoms with Crippen molar-refractivity contribution in [3.8, 4) is 0 Å². The Labute approximate surface area is 113 Å². The molecule has 1 aromatic rings. The number of carboxylic acid groups (broad SMARTS) is 1. The molecule has 1 aliphatic heterocycles. The predicted octanol–water partition coefficient (Wildman–Crippen LogP) is 2.06. The van der Waals surface area contributed by atoms with Crippen LogP contribution in [0.1, 0.15) is 42.1 Å². The van der Waals surface area contributed by atoms with Gasteiger partial charge in [-0.3, -0.25) is 4.90 Å². The summed E-state index contributed by atoms with van der Waals surface area (Å²) in [7, 11) is 4.24. The Morgan fingerprint density at radius 3 is 2.53 bits per heavy atom. The molecule has 0 spiro atoms. The molecule has 1 N–H and O–H groups in total. The smallest absolute Gasteiger partial charge is 0.371 e. The Morgan fingerprint density at radius 1 is 1.42 bits per heavy atom. The first-order valence-electron chi connectivity index (χ1n) is 6.72. The van der Waals surface area contributed by atoms with Crippen molar-refractivity contribution in [3.63, 3.8) is 0 Å². The van der Waals surface area contributed by atoms with Gasteiger partial charge in [0.15, 0.2) is 0 Å². The number of piperidine rings is 1. The molecule has 0 amide bonds. The number of carboxylic acids is 1. The van der Waals surface area contributed by atoms with Crippen LogP contribution in [-0.2, 0) is 0 Å². The van der Waals surface area contributed by atoms with Crippen molar-refractivity contribution in [2.24, 2.45) is 0 Å². The maximum absolute atomic E-state index is 10.8. The normalized spacial score (nSPS) is 19.8. The lowest BCUT2D eigenvalue weighted by Crippen LogP contribution is -2.42. The topological polar surface area (TPSA) is 56.9 Å². The molecule has 1 saturated heterocycles. The monoisotopic (exact) mass is 266 g/mol. The molecule has 0 radical (unpaired) electrons. The fraction of sp³-hybridized carbons (Fsp3) is 0.643. The number of rotatable bonds is 4. The molecule has 19 heavy (non-hydrogen) atoms. The van der Waals surface area contributed by atoms with E-state index in [-0.39, 0.29) is 11.8 Å². The minimum atomic E-state index is -1.01. The van der Waals surface area contributed by atoms with Crippen LogP contribution in [-0.4, -0.2) is 54.1 Å². The molecular formula is C14H22N2O3. The van der Waals surface area contributed by atoms with E-state index in [0.29, 0.717) is 6.04 Å². The van der Waals surface area contributed by atoms with Gasteiger partial charge >= 0.3 is 5.97 Å². The van der Waals surface area contributed by atoms with Gasteiger partial charge in [-0.15, -0.1) is 0 Å². The van der Waals surface area contributed by atoms with Crippen molar-refractivity contribution in [2.45, 2.75) is 31.8 Å². The number of likely N-dealkylation sites (tertiary alicyclic amines) is 1. The summed E-state index contributed by atoms with van der Waals surface area (Å²) < 4.78 is 5.38. The lowest BCUT2D eigenvalue weighted by Gasteiger charge is -2.37. The molecule has 5 nitrogen and oxygen atoms in total. The SMILES string of the molecule is CC(c1ccc(C(=O)O)o1)N1CCC(N(C)C)CC1. The van der Waals surface area contributed by atoms with Crippen molar-refractivity contribution in [2.75, 3.05) is 27.2 Å². The second-order valence-corrected chi connectivity index (χ2v) is 5.41. The number of furan rings is 1. The third-order valence-corrected chi connectivity index (χ3v) is 4.03. The zero-order valence-electron chi connectivity index (χ0n) is 11.8. The average Bonchev–Trinajstić information content (AvgIpc) is 2.87. The van der Waals surface area contributed by atoms with Crippen molar-refractivity contribution in [1.82, 2.24) is 9.80 Å². The van der Waals surface area contributed by atoms with Crippen molar-refractivity contribution < 1.29 is 14.3 Å². The Morgan fingerprint density at radius 2 is 2.05 bits per heavy atom. The van der Waals surface area contributed by atoms with E-state index in [9.17, 15) is 4.79 Å². The van der Waals surface area contributed by atoms with Crippen LogP contribution < -0.4 is 0 Å². The van der Waals surface area contributed by atoms with Crippen LogP contribution in [0.15, 0.2) is 16.5 Å². The summed E-state index contributed by atoms with van der Waals surface area (Å²) in [6, 6.07) is 4.08. The van der Waals surface area contributed by atoms with E-state index in [1.165, 1.54) is 6.07 Å². The van der Waals surface area contributed by atoms with Crippen LogP contribution in [0, 0.1) is 0 Å². The van der Waals surface area contributed by atoms with Gasteiger partial charge in [0.2, 0.25) is 5.76 Å². The Hall–Kier alpha value is -1.33. The summed E-state index contributed by atoms with van der Waals surface area (Å²) in [6.45, 7) is 4.11. The van der Waals surface area contributed by atoms with E-state index < -0.39 is 5.97 Å². The molecule has 0 aromatic carbocycles. The largest absolute Gasteiger partial charge is 0.475 e. The lowest BCUT2D eigenvalue weighted by molar-refractivity contribution is 0.0650. The fourth-order valence-electron chi connectivity index (χ4n) is 2.66. The van der Waals surface area contributed by atoms with Crippen LogP contribution in [0.25, 0.3) is 0 Å². The summed E-state index contributed by atoms with van der Waals surface area (Å²) in [6.07, 6.45) is 2.29. The maximum Gasteiger partial charge on any atom is 0.371 e. The molecule has 1 unspecified atom stereocenters. The highest BCUT2D eigenvalue weighted by Crippen LogP contribution is 2.26. The summed E-state index contributed by atoms with van der Waals surface area (Å²) in [5, 5.41) is 8.87. The van der Waals surface area contributed by atoms with Gasteiger partial charge < -0.3 is 14.4 Å². The molecule has 1 atom stereocenters. The molecule has 1 fully saturated rings. The first kappa shape index (κ1) is 14.1. The molecule has 106 valence electrons. The van der Waals surface area contributed by atoms with Gasteiger partial charge in [-0.05, 0) is 46.0 Å². The molecular weight excluding hydrogens is 244 g/mol. The maximum atomic E-state index is 10.8. The van der Waals surface area contributed by atoms with Crippen LogP contribution in [0.3, 0.4) is 0 Å². The minimum Gasteiger partial charge on any atom is -0.475 e. The number of nitrogens with zero attached hydrogens (tertiary/aromatic N) is 2. The number of hydrogen-bond donors (Lipinski definition) is 1. The molecule has 0 bridgehead atoms. The van der Waals surface area contributed by atoms with Crippen molar-refractivity contribution in [1.29, 1.82) is 0 Å². The van der Waals surface area contributed by atoms with E-state index in [1.54, 1.807) is 6.07 Å². The fourth-order valence-corrected chi connectivity index (χ4v) is 2.66. The van der Waals surface area contributed by atoms with Gasteiger partial charge in [-0.25, -0.2) is 4.79 Å². The molecule has 0 saturated carbocycles. The highest BCUT2D eigenvalue weighted by atomic mass is 16.4. The van der Waals surface area contributed by atoms with E-state index in [1.807, 2.05) is 0 Å². The molecule has 1 aromatic heterocycles. The molecule has 0 aliphatic carbocycles. The third kappa shape index (κ3) is 3.16. The van der Waals surface area contributed by atoms with E-state index >= 15 is 0 Å². The van der Waals surface area contributed by atoms with Gasteiger partial charge in [-0.1, -0.05) is 0 Å². The van der Waals surface area contributed by atoms with Gasteiger partial charge in [-0.2, -0.15) is 0 Å². The van der Waals surface area contributed by atoms with Gasteiger partial charge in [0, 0.05) is 19.1 Å². The second-order valence-electron chi connectivity index (χ2n) is 5.41. The van der Waals surface area contributed by atoms with Gasteiger partial charge in [0.05, 0.1) is 6.04 Å². The Bertz CT molecular complexity index is 434.